The van der Waals surface area contributed by atoms with Gasteiger partial charge in [0.1, 0.15) is 6.04 Å². The van der Waals surface area contributed by atoms with Gasteiger partial charge in [0.2, 0.25) is 5.91 Å². The maximum absolute atomic E-state index is 13.2. The average molecular weight is 413 g/mol. The Hall–Kier alpha value is -1.78. The molecule has 3 saturated heterocycles. The molecule has 6 nitrogen and oxygen atoms in total. The largest absolute Gasteiger partial charge is 0.391 e. The molecule has 0 aliphatic carbocycles. The van der Waals surface area contributed by atoms with Crippen LogP contribution >= 0.6 is 12.2 Å². The van der Waals surface area contributed by atoms with Gasteiger partial charge in [0.25, 0.3) is 0 Å². The first-order valence-electron chi connectivity index (χ1n) is 9.42. The Balaban J connectivity index is 1.56. The maximum Gasteiger partial charge on any atom is 0.391 e. The number of piperidine rings is 1. The predicted molar refractivity (Wildman–Crippen MR) is 100 cm³/mol. The number of rotatable bonds is 3. The monoisotopic (exact) mass is 413 g/mol. The molecule has 0 spiro atoms. The summed E-state index contributed by atoms with van der Waals surface area (Å²) in [4.78, 5) is 18.2. The number of alkyl halides is 3. The summed E-state index contributed by atoms with van der Waals surface area (Å²) in [6.07, 6.45) is -0.0362. The van der Waals surface area contributed by atoms with E-state index in [0.717, 1.165) is 24.1 Å². The molecule has 0 saturated carbocycles. The fraction of sp³-hybridized carbons (Fsp3) is 0.611. The zero-order valence-electron chi connectivity index (χ0n) is 15.1. The van der Waals surface area contributed by atoms with Gasteiger partial charge in [-0.2, -0.15) is 13.2 Å². The number of thiocarbonyl (C=S) groups is 1. The van der Waals surface area contributed by atoms with Crippen LogP contribution in [0.1, 0.15) is 36.4 Å². The van der Waals surface area contributed by atoms with Gasteiger partial charge in [0.05, 0.1) is 12.0 Å². The summed E-state index contributed by atoms with van der Waals surface area (Å²) in [5, 5.41) is 9.47. The molecule has 10 heteroatoms. The van der Waals surface area contributed by atoms with Crippen molar-refractivity contribution in [1.82, 2.24) is 25.8 Å². The van der Waals surface area contributed by atoms with Crippen molar-refractivity contribution in [3.05, 3.63) is 29.6 Å². The highest BCUT2D eigenvalue weighted by Gasteiger charge is 2.44. The minimum Gasteiger partial charge on any atom is -0.339 e. The number of nitrogens with zero attached hydrogens (tertiary/aromatic N) is 2. The van der Waals surface area contributed by atoms with Crippen LogP contribution in [0.5, 0.6) is 0 Å². The summed E-state index contributed by atoms with van der Waals surface area (Å²) in [6.45, 7) is 1.47. The van der Waals surface area contributed by atoms with Gasteiger partial charge in [-0.3, -0.25) is 9.78 Å². The Morgan fingerprint density at radius 2 is 2.04 bits per heavy atom. The number of pyridine rings is 1. The lowest BCUT2D eigenvalue weighted by atomic mass is 9.87. The van der Waals surface area contributed by atoms with Gasteiger partial charge in [-0.15, -0.1) is 0 Å². The Morgan fingerprint density at radius 1 is 1.25 bits per heavy atom. The lowest BCUT2D eigenvalue weighted by molar-refractivity contribution is -0.183. The van der Waals surface area contributed by atoms with Crippen molar-refractivity contribution >= 4 is 23.2 Å². The average Bonchev–Trinajstić information content (AvgIpc) is 3.15. The lowest BCUT2D eigenvalue weighted by Crippen LogP contribution is -2.63. The van der Waals surface area contributed by atoms with Crippen LogP contribution in [0.4, 0.5) is 13.2 Å². The molecule has 0 bridgehead atoms. The number of nitrogens with one attached hydrogen (secondary N) is 3. The van der Waals surface area contributed by atoms with Gasteiger partial charge in [-0.25, -0.2) is 0 Å². The van der Waals surface area contributed by atoms with Crippen molar-refractivity contribution in [2.45, 2.75) is 50.1 Å². The van der Waals surface area contributed by atoms with E-state index in [4.69, 9.17) is 12.2 Å². The van der Waals surface area contributed by atoms with Crippen LogP contribution in [0.3, 0.4) is 0 Å². The first-order chi connectivity index (χ1) is 13.3. The Labute approximate surface area is 166 Å². The number of fused-ring (bicyclic) bond motifs is 1. The van der Waals surface area contributed by atoms with Gasteiger partial charge in [-0.1, -0.05) is 0 Å². The number of carbonyl (C=O) groups is 1. The number of aromatic nitrogens is 1. The maximum atomic E-state index is 13.2. The number of halogens is 3. The van der Waals surface area contributed by atoms with E-state index in [1.807, 2.05) is 11.0 Å². The van der Waals surface area contributed by atoms with Gasteiger partial charge in [0.15, 0.2) is 5.11 Å². The highest BCUT2D eigenvalue weighted by atomic mass is 32.1. The van der Waals surface area contributed by atoms with Crippen molar-refractivity contribution < 1.29 is 18.0 Å². The van der Waals surface area contributed by atoms with Crippen LogP contribution in [0.25, 0.3) is 0 Å². The molecule has 0 radical (unpaired) electrons. The normalized spacial score (nSPS) is 30.9. The second kappa shape index (κ2) is 7.57. The zero-order valence-corrected chi connectivity index (χ0v) is 15.9. The quantitative estimate of drug-likeness (QED) is 0.655. The summed E-state index contributed by atoms with van der Waals surface area (Å²) >= 11 is 5.38. The third-order valence-corrected chi connectivity index (χ3v) is 6.23. The summed E-state index contributed by atoms with van der Waals surface area (Å²) in [7, 11) is 0. The van der Waals surface area contributed by atoms with Gasteiger partial charge >= 0.3 is 6.18 Å². The molecule has 3 aliphatic rings. The Morgan fingerprint density at radius 3 is 2.82 bits per heavy atom. The summed E-state index contributed by atoms with van der Waals surface area (Å²) < 4.78 is 39.7. The van der Waals surface area contributed by atoms with Crippen molar-refractivity contribution in [2.75, 3.05) is 13.1 Å². The number of hydrogen-bond donors (Lipinski definition) is 3. The Bertz CT molecular complexity index is 774. The molecule has 1 amide bonds. The van der Waals surface area contributed by atoms with E-state index >= 15 is 0 Å². The number of amides is 1. The van der Waals surface area contributed by atoms with Crippen LogP contribution in [-0.2, 0) is 11.3 Å². The van der Waals surface area contributed by atoms with E-state index in [1.54, 1.807) is 12.4 Å². The second-order valence-corrected chi connectivity index (χ2v) is 7.94. The van der Waals surface area contributed by atoms with Gasteiger partial charge in [0, 0.05) is 25.0 Å². The second-order valence-electron chi connectivity index (χ2n) is 7.55. The predicted octanol–water partition coefficient (Wildman–Crippen LogP) is 1.63. The minimum absolute atomic E-state index is 0.00299. The van der Waals surface area contributed by atoms with Gasteiger partial charge < -0.3 is 20.9 Å². The summed E-state index contributed by atoms with van der Waals surface area (Å²) in [6, 6.07) is 1.04. The van der Waals surface area contributed by atoms with Crippen molar-refractivity contribution in [3.63, 3.8) is 0 Å². The number of carbonyl (C=O) groups excluding carboxylic acids is 1. The molecule has 3 N–H and O–H groups in total. The first-order valence-corrected chi connectivity index (χ1v) is 9.83. The molecule has 1 aromatic rings. The fourth-order valence-electron chi connectivity index (χ4n) is 4.42. The third-order valence-electron chi connectivity index (χ3n) is 5.89. The molecular weight excluding hydrogens is 391 g/mol. The van der Waals surface area contributed by atoms with E-state index < -0.39 is 18.1 Å². The Kier molecular flexibility index (Phi) is 5.28. The molecular formula is C18H22F3N5OS. The zero-order chi connectivity index (χ0) is 19.9. The van der Waals surface area contributed by atoms with Crippen LogP contribution < -0.4 is 16.0 Å². The molecule has 2 unspecified atom stereocenters. The van der Waals surface area contributed by atoms with Crippen LogP contribution in [0, 0.1) is 5.92 Å². The third kappa shape index (κ3) is 3.72. The highest BCUT2D eigenvalue weighted by molar-refractivity contribution is 7.80. The molecule has 4 atom stereocenters. The smallest absolute Gasteiger partial charge is 0.339 e. The fourth-order valence-corrected chi connectivity index (χ4v) is 4.72. The van der Waals surface area contributed by atoms with E-state index in [-0.39, 0.29) is 30.8 Å². The van der Waals surface area contributed by atoms with E-state index in [9.17, 15) is 18.0 Å². The molecule has 4 rings (SSSR count). The molecule has 152 valence electrons. The van der Waals surface area contributed by atoms with Crippen LogP contribution in [0.15, 0.2) is 18.5 Å². The molecule has 0 aromatic carbocycles. The summed E-state index contributed by atoms with van der Waals surface area (Å²) in [5.74, 6) is -1.44. The molecule has 1 aromatic heterocycles. The standard InChI is InChI=1S/C18H22F3N5OS/c19-18(20,21)11-2-5-23-13(7-11)12-8-22-4-1-10(12)9-26-14-3-6-24-15(14)16(27)25-17(26)28/h1,4,8,11,13-15,23-24H,2-3,5-7,9H2,(H,25,27,28)/t11-,13+,14?,15?/m0/s1. The van der Waals surface area contributed by atoms with Crippen LogP contribution in [0.2, 0.25) is 0 Å². The van der Waals surface area contributed by atoms with Gasteiger partial charge in [-0.05, 0) is 61.8 Å². The summed E-state index contributed by atoms with van der Waals surface area (Å²) in [5.41, 5.74) is 1.64. The molecule has 3 aliphatic heterocycles. The van der Waals surface area contributed by atoms with Crippen LogP contribution in [-0.4, -0.2) is 52.3 Å². The molecule has 28 heavy (non-hydrogen) atoms. The molecule has 4 heterocycles. The van der Waals surface area contributed by atoms with Crippen molar-refractivity contribution in [2.24, 2.45) is 5.92 Å². The van der Waals surface area contributed by atoms with Crippen molar-refractivity contribution in [1.29, 1.82) is 0 Å². The van der Waals surface area contributed by atoms with E-state index in [1.165, 1.54) is 0 Å². The topological polar surface area (TPSA) is 69.3 Å². The first kappa shape index (κ1) is 19.5. The van der Waals surface area contributed by atoms with E-state index in [2.05, 4.69) is 20.9 Å². The minimum atomic E-state index is -4.19. The molecule has 3 fully saturated rings. The number of hydrogen-bond acceptors (Lipinski definition) is 5. The highest BCUT2D eigenvalue weighted by Crippen LogP contribution is 2.39. The van der Waals surface area contributed by atoms with Crippen molar-refractivity contribution in [3.8, 4) is 0 Å². The SMILES string of the molecule is O=C1NC(=S)N(Cc2ccncc2[C@H]2C[C@@H](C(F)(F)F)CCN2)C2CCNC12. The van der Waals surface area contributed by atoms with E-state index in [0.29, 0.717) is 18.2 Å². The lowest BCUT2D eigenvalue weighted by Gasteiger charge is -2.39.